The fourth-order valence-corrected chi connectivity index (χ4v) is 3.72. The summed E-state index contributed by atoms with van der Waals surface area (Å²) in [7, 11) is 0. The van der Waals surface area contributed by atoms with Crippen molar-refractivity contribution in [3.05, 3.63) is 0 Å². The van der Waals surface area contributed by atoms with Crippen molar-refractivity contribution >= 4 is 0 Å². The summed E-state index contributed by atoms with van der Waals surface area (Å²) in [6.07, 6.45) is 5.78. The molecule has 2 aliphatic carbocycles. The molecule has 94 valence electrons. The Hall–Kier alpha value is -0.0800. The van der Waals surface area contributed by atoms with Crippen LogP contribution in [0.3, 0.4) is 0 Å². The molecular formula is C14H27NO. The van der Waals surface area contributed by atoms with Crippen molar-refractivity contribution in [1.82, 2.24) is 5.32 Å². The maximum atomic E-state index is 5.77. The summed E-state index contributed by atoms with van der Waals surface area (Å²) in [5.41, 5.74) is 0.462. The minimum Gasteiger partial charge on any atom is -0.381 e. The maximum absolute atomic E-state index is 5.77. The highest BCUT2D eigenvalue weighted by Crippen LogP contribution is 2.55. The lowest BCUT2D eigenvalue weighted by atomic mass is 9.73. The Kier molecular flexibility index (Phi) is 3.91. The largest absolute Gasteiger partial charge is 0.381 e. The van der Waals surface area contributed by atoms with Gasteiger partial charge in [-0.15, -0.1) is 0 Å². The molecule has 2 aliphatic rings. The molecular weight excluding hydrogens is 198 g/mol. The number of hydrogen-bond donors (Lipinski definition) is 1. The second-order valence-electron chi connectivity index (χ2n) is 6.12. The van der Waals surface area contributed by atoms with Crippen LogP contribution in [0.2, 0.25) is 0 Å². The molecule has 2 rings (SSSR count). The monoisotopic (exact) mass is 225 g/mol. The molecule has 0 spiro atoms. The molecule has 1 N–H and O–H groups in total. The molecule has 0 aromatic carbocycles. The van der Waals surface area contributed by atoms with E-state index in [4.69, 9.17) is 4.74 Å². The van der Waals surface area contributed by atoms with Crippen LogP contribution < -0.4 is 5.32 Å². The van der Waals surface area contributed by atoms with Gasteiger partial charge in [-0.25, -0.2) is 0 Å². The van der Waals surface area contributed by atoms with Gasteiger partial charge in [-0.3, -0.25) is 0 Å². The van der Waals surface area contributed by atoms with Gasteiger partial charge in [-0.05, 0) is 38.0 Å². The van der Waals surface area contributed by atoms with E-state index in [9.17, 15) is 0 Å². The molecule has 0 aromatic rings. The van der Waals surface area contributed by atoms with Gasteiger partial charge in [0.1, 0.15) is 0 Å². The van der Waals surface area contributed by atoms with Crippen LogP contribution in [0.15, 0.2) is 0 Å². The van der Waals surface area contributed by atoms with Crippen LogP contribution in [0.1, 0.15) is 46.5 Å². The van der Waals surface area contributed by atoms with Gasteiger partial charge in [0.05, 0.1) is 6.61 Å². The molecule has 0 amide bonds. The summed E-state index contributed by atoms with van der Waals surface area (Å²) in [6.45, 7) is 9.58. The zero-order chi connectivity index (χ0) is 11.6. The Balaban J connectivity index is 1.96. The van der Waals surface area contributed by atoms with E-state index >= 15 is 0 Å². The zero-order valence-corrected chi connectivity index (χ0v) is 11.1. The number of hydrogen-bond acceptors (Lipinski definition) is 2. The second-order valence-corrected chi connectivity index (χ2v) is 6.12. The number of rotatable bonds is 6. The molecule has 2 fully saturated rings. The molecule has 2 saturated carbocycles. The summed E-state index contributed by atoms with van der Waals surface area (Å²) in [4.78, 5) is 0. The highest BCUT2D eigenvalue weighted by Gasteiger charge is 2.50. The van der Waals surface area contributed by atoms with Crippen molar-refractivity contribution in [1.29, 1.82) is 0 Å². The average molecular weight is 225 g/mol. The third kappa shape index (κ3) is 2.43. The molecule has 16 heavy (non-hydrogen) atoms. The summed E-state index contributed by atoms with van der Waals surface area (Å²) in [5.74, 6) is 1.93. The van der Waals surface area contributed by atoms with Crippen LogP contribution in [-0.4, -0.2) is 25.8 Å². The molecule has 0 radical (unpaired) electrons. The summed E-state index contributed by atoms with van der Waals surface area (Å²) >= 11 is 0. The van der Waals surface area contributed by atoms with Gasteiger partial charge >= 0.3 is 0 Å². The van der Waals surface area contributed by atoms with Crippen LogP contribution in [0.5, 0.6) is 0 Å². The van der Waals surface area contributed by atoms with Gasteiger partial charge in [0.2, 0.25) is 0 Å². The minimum atomic E-state index is 0.462. The van der Waals surface area contributed by atoms with Crippen LogP contribution in [0.25, 0.3) is 0 Å². The quantitative estimate of drug-likeness (QED) is 0.750. The summed E-state index contributed by atoms with van der Waals surface area (Å²) < 4.78 is 5.77. The van der Waals surface area contributed by atoms with E-state index in [-0.39, 0.29) is 0 Å². The molecule has 0 saturated heterocycles. The van der Waals surface area contributed by atoms with E-state index < -0.39 is 0 Å². The lowest BCUT2D eigenvalue weighted by molar-refractivity contribution is 0.0128. The highest BCUT2D eigenvalue weighted by molar-refractivity contribution is 5.01. The Morgan fingerprint density at radius 1 is 1.38 bits per heavy atom. The molecule has 3 unspecified atom stereocenters. The zero-order valence-electron chi connectivity index (χ0n) is 11.1. The molecule has 0 heterocycles. The lowest BCUT2D eigenvalue weighted by Gasteiger charge is -2.38. The Morgan fingerprint density at radius 3 is 2.69 bits per heavy atom. The van der Waals surface area contributed by atoms with Gasteiger partial charge in [-0.1, -0.05) is 20.3 Å². The topological polar surface area (TPSA) is 21.3 Å². The summed E-state index contributed by atoms with van der Waals surface area (Å²) in [5, 5.41) is 3.64. The Morgan fingerprint density at radius 2 is 2.19 bits per heavy atom. The van der Waals surface area contributed by atoms with Gasteiger partial charge < -0.3 is 10.1 Å². The first-order valence-corrected chi connectivity index (χ1v) is 6.97. The normalized spacial score (nSPS) is 37.5. The van der Waals surface area contributed by atoms with Crippen molar-refractivity contribution in [2.45, 2.75) is 52.5 Å². The third-order valence-electron chi connectivity index (χ3n) is 4.56. The van der Waals surface area contributed by atoms with Crippen LogP contribution in [-0.2, 0) is 4.74 Å². The van der Waals surface area contributed by atoms with Gasteiger partial charge in [-0.2, -0.15) is 0 Å². The number of nitrogens with one attached hydrogen (secondary N) is 1. The van der Waals surface area contributed by atoms with E-state index in [1.54, 1.807) is 0 Å². The third-order valence-corrected chi connectivity index (χ3v) is 4.56. The lowest BCUT2D eigenvalue weighted by Crippen LogP contribution is -2.44. The SMILES string of the molecule is CCOCC1(CNC(C)C)CC2CCC1C2. The molecule has 2 heteroatoms. The van der Waals surface area contributed by atoms with E-state index in [0.29, 0.717) is 11.5 Å². The van der Waals surface area contributed by atoms with Crippen molar-refractivity contribution in [2.24, 2.45) is 17.3 Å². The Bertz CT molecular complexity index is 229. The second kappa shape index (κ2) is 5.05. The van der Waals surface area contributed by atoms with E-state index in [2.05, 4.69) is 26.1 Å². The predicted octanol–water partition coefficient (Wildman–Crippen LogP) is 2.83. The fourth-order valence-electron chi connectivity index (χ4n) is 3.72. The van der Waals surface area contributed by atoms with E-state index in [1.807, 2.05) is 0 Å². The summed E-state index contributed by atoms with van der Waals surface area (Å²) in [6, 6.07) is 0.595. The van der Waals surface area contributed by atoms with Gasteiger partial charge in [0.25, 0.3) is 0 Å². The van der Waals surface area contributed by atoms with Crippen molar-refractivity contribution in [3.63, 3.8) is 0 Å². The Labute approximate surface area is 100 Å². The molecule has 0 aromatic heterocycles. The smallest absolute Gasteiger partial charge is 0.0537 e. The molecule has 2 nitrogen and oxygen atoms in total. The first-order valence-electron chi connectivity index (χ1n) is 6.97. The highest BCUT2D eigenvalue weighted by atomic mass is 16.5. The number of fused-ring (bicyclic) bond motifs is 2. The number of ether oxygens (including phenoxy) is 1. The van der Waals surface area contributed by atoms with Crippen LogP contribution in [0.4, 0.5) is 0 Å². The van der Waals surface area contributed by atoms with Gasteiger partial charge in [0.15, 0.2) is 0 Å². The molecule has 2 bridgehead atoms. The van der Waals surface area contributed by atoms with Crippen molar-refractivity contribution in [3.8, 4) is 0 Å². The van der Waals surface area contributed by atoms with E-state index in [0.717, 1.165) is 31.6 Å². The molecule has 3 atom stereocenters. The maximum Gasteiger partial charge on any atom is 0.0537 e. The fraction of sp³-hybridized carbons (Fsp3) is 1.00. The van der Waals surface area contributed by atoms with Crippen LogP contribution >= 0.6 is 0 Å². The first kappa shape index (κ1) is 12.4. The first-order chi connectivity index (χ1) is 7.66. The van der Waals surface area contributed by atoms with Crippen molar-refractivity contribution < 1.29 is 4.74 Å². The van der Waals surface area contributed by atoms with E-state index in [1.165, 1.54) is 25.7 Å². The van der Waals surface area contributed by atoms with Crippen molar-refractivity contribution in [2.75, 3.05) is 19.8 Å². The minimum absolute atomic E-state index is 0.462. The van der Waals surface area contributed by atoms with Gasteiger partial charge in [0, 0.05) is 24.6 Å². The molecule has 0 aliphatic heterocycles. The average Bonchev–Trinajstić information content (AvgIpc) is 2.84. The van der Waals surface area contributed by atoms with Crippen LogP contribution in [0, 0.1) is 17.3 Å². The predicted molar refractivity (Wildman–Crippen MR) is 67.5 cm³/mol. The standard InChI is InChI=1S/C14H27NO/c1-4-16-10-14(9-15-11(2)3)8-12-5-6-13(14)7-12/h11-13,15H,4-10H2,1-3H3.